The maximum Gasteiger partial charge on any atom is 0.338 e. The number of benzene rings is 3. The maximum atomic E-state index is 12.8. The van der Waals surface area contributed by atoms with Crippen molar-refractivity contribution in [2.24, 2.45) is 0 Å². The van der Waals surface area contributed by atoms with E-state index in [0.717, 1.165) is 16.7 Å². The number of carbonyl (C=O) groups is 1. The predicted molar refractivity (Wildman–Crippen MR) is 122 cm³/mol. The number of hydrogen-bond donors (Lipinski definition) is 1. The number of cyclic esters (lactones) is 1. The molecule has 1 aliphatic rings. The number of aliphatic hydroxyl groups excluding tert-OH is 1. The van der Waals surface area contributed by atoms with Crippen LogP contribution in [0, 0.1) is 0 Å². The van der Waals surface area contributed by atoms with Crippen LogP contribution < -0.4 is 0 Å². The summed E-state index contributed by atoms with van der Waals surface area (Å²) in [5.74, 6) is -0.567. The van der Waals surface area contributed by atoms with Crippen molar-refractivity contribution >= 4 is 5.97 Å². The molecule has 3 aromatic rings. The topological polar surface area (TPSA) is 74.2 Å². The van der Waals surface area contributed by atoms with Crippen LogP contribution >= 0.6 is 0 Å². The Kier molecular flexibility index (Phi) is 8.22. The van der Waals surface area contributed by atoms with Gasteiger partial charge in [-0.3, -0.25) is 0 Å². The summed E-state index contributed by atoms with van der Waals surface area (Å²) in [6, 6.07) is 29.0. The Balaban J connectivity index is 1.54. The van der Waals surface area contributed by atoms with Gasteiger partial charge in [0.05, 0.1) is 26.4 Å². The lowest BCUT2D eigenvalue weighted by atomic mass is 9.98. The van der Waals surface area contributed by atoms with Crippen LogP contribution in [0.3, 0.4) is 0 Å². The van der Waals surface area contributed by atoms with E-state index in [0.29, 0.717) is 0 Å². The van der Waals surface area contributed by atoms with Crippen molar-refractivity contribution in [3.63, 3.8) is 0 Å². The van der Waals surface area contributed by atoms with Crippen molar-refractivity contribution in [2.75, 3.05) is 6.61 Å². The van der Waals surface area contributed by atoms with Gasteiger partial charge in [-0.25, -0.2) is 4.79 Å². The zero-order valence-electron chi connectivity index (χ0n) is 18.3. The minimum atomic E-state index is -0.988. The highest BCUT2D eigenvalue weighted by Gasteiger charge is 2.48. The van der Waals surface area contributed by atoms with Crippen LogP contribution in [0.4, 0.5) is 0 Å². The fourth-order valence-electron chi connectivity index (χ4n) is 3.78. The Morgan fingerprint density at radius 3 is 1.52 bits per heavy atom. The van der Waals surface area contributed by atoms with Gasteiger partial charge >= 0.3 is 5.97 Å². The van der Waals surface area contributed by atoms with Crippen LogP contribution in [-0.4, -0.2) is 42.1 Å². The van der Waals surface area contributed by atoms with Crippen LogP contribution in [0.15, 0.2) is 91.0 Å². The van der Waals surface area contributed by atoms with Gasteiger partial charge in [0.25, 0.3) is 0 Å². The normalized spacial score (nSPS) is 22.6. The molecule has 1 heterocycles. The minimum Gasteiger partial charge on any atom is -0.455 e. The first kappa shape index (κ1) is 23.1. The fraction of sp³-hybridized carbons (Fsp3) is 0.296. The third kappa shape index (κ3) is 6.27. The predicted octanol–water partition coefficient (Wildman–Crippen LogP) is 3.66. The molecule has 0 aromatic heterocycles. The molecule has 0 unspecified atom stereocenters. The van der Waals surface area contributed by atoms with Gasteiger partial charge in [0.15, 0.2) is 12.2 Å². The number of ether oxygens (including phenoxy) is 4. The van der Waals surface area contributed by atoms with Gasteiger partial charge in [-0.1, -0.05) is 91.0 Å². The first-order chi connectivity index (χ1) is 16.2. The SMILES string of the molecule is O=C1O[C@H](CO)[C@@H](OCc2ccccc2)[C@H](OCc2ccccc2)[C@@H]1OCc1ccccc1. The quantitative estimate of drug-likeness (QED) is 0.477. The van der Waals surface area contributed by atoms with Crippen molar-refractivity contribution in [1.29, 1.82) is 0 Å². The Hall–Kier alpha value is -3.03. The van der Waals surface area contributed by atoms with Crippen LogP contribution in [0.1, 0.15) is 16.7 Å². The second kappa shape index (κ2) is 11.7. The summed E-state index contributed by atoms with van der Waals surface area (Å²) >= 11 is 0. The number of esters is 1. The number of aliphatic hydroxyl groups is 1. The Bertz CT molecular complexity index is 979. The lowest BCUT2D eigenvalue weighted by molar-refractivity contribution is -0.236. The van der Waals surface area contributed by atoms with E-state index in [1.165, 1.54) is 0 Å². The standard InChI is InChI=1S/C27H28O6/c28-16-23-24(30-17-20-10-4-1-5-11-20)25(31-18-21-12-6-2-7-13-21)26(27(29)33-23)32-19-22-14-8-3-9-15-22/h1-15,23-26,28H,16-19H2/t23-,24-,25+,26+/m1/s1. The summed E-state index contributed by atoms with van der Waals surface area (Å²) in [7, 11) is 0. The van der Waals surface area contributed by atoms with E-state index < -0.39 is 30.4 Å². The van der Waals surface area contributed by atoms with Crippen LogP contribution in [0.2, 0.25) is 0 Å². The second-order valence-electron chi connectivity index (χ2n) is 7.90. The van der Waals surface area contributed by atoms with Crippen LogP contribution in [0.5, 0.6) is 0 Å². The molecule has 0 spiro atoms. The van der Waals surface area contributed by atoms with Crippen molar-refractivity contribution in [3.8, 4) is 0 Å². The summed E-state index contributed by atoms with van der Waals surface area (Å²) in [5, 5.41) is 9.92. The molecule has 0 saturated carbocycles. The van der Waals surface area contributed by atoms with Crippen LogP contribution in [0.25, 0.3) is 0 Å². The molecule has 0 bridgehead atoms. The molecule has 1 aliphatic heterocycles. The zero-order chi connectivity index (χ0) is 22.9. The molecule has 4 atom stereocenters. The molecule has 4 rings (SSSR count). The fourth-order valence-corrected chi connectivity index (χ4v) is 3.78. The third-order valence-corrected chi connectivity index (χ3v) is 5.51. The Morgan fingerprint density at radius 2 is 1.06 bits per heavy atom. The number of carbonyl (C=O) groups excluding carboxylic acids is 1. The summed E-state index contributed by atoms with van der Waals surface area (Å²) in [4.78, 5) is 12.8. The van der Waals surface area contributed by atoms with E-state index >= 15 is 0 Å². The maximum absolute atomic E-state index is 12.8. The van der Waals surface area contributed by atoms with E-state index in [1.54, 1.807) is 0 Å². The highest BCUT2D eigenvalue weighted by atomic mass is 16.6. The Morgan fingerprint density at radius 1 is 0.636 bits per heavy atom. The summed E-state index contributed by atoms with van der Waals surface area (Å²) in [6.45, 7) is 0.409. The first-order valence-corrected chi connectivity index (χ1v) is 11.0. The lowest BCUT2D eigenvalue weighted by Gasteiger charge is -2.40. The zero-order valence-corrected chi connectivity index (χ0v) is 18.3. The summed E-state index contributed by atoms with van der Waals surface area (Å²) < 4.78 is 23.9. The van der Waals surface area contributed by atoms with Gasteiger partial charge in [0.2, 0.25) is 0 Å². The highest BCUT2D eigenvalue weighted by Crippen LogP contribution is 2.27. The first-order valence-electron chi connectivity index (χ1n) is 11.0. The second-order valence-corrected chi connectivity index (χ2v) is 7.90. The smallest absolute Gasteiger partial charge is 0.338 e. The van der Waals surface area contributed by atoms with E-state index in [1.807, 2.05) is 91.0 Å². The molecular weight excluding hydrogens is 420 g/mol. The van der Waals surface area contributed by atoms with Gasteiger partial charge < -0.3 is 24.1 Å². The lowest BCUT2D eigenvalue weighted by Crippen LogP contribution is -2.59. The van der Waals surface area contributed by atoms with E-state index in [-0.39, 0.29) is 26.4 Å². The number of rotatable bonds is 10. The molecule has 33 heavy (non-hydrogen) atoms. The molecule has 0 radical (unpaired) electrons. The largest absolute Gasteiger partial charge is 0.455 e. The van der Waals surface area contributed by atoms with Gasteiger partial charge in [0.1, 0.15) is 12.2 Å². The molecule has 172 valence electrons. The highest BCUT2D eigenvalue weighted by molar-refractivity contribution is 5.77. The van der Waals surface area contributed by atoms with Gasteiger partial charge in [-0.2, -0.15) is 0 Å². The molecule has 1 N–H and O–H groups in total. The molecule has 3 aromatic carbocycles. The van der Waals surface area contributed by atoms with Crippen molar-refractivity contribution in [2.45, 2.75) is 44.2 Å². The average molecular weight is 449 g/mol. The minimum absolute atomic E-state index is 0.223. The molecule has 6 heteroatoms. The molecule has 1 fully saturated rings. The molecule has 6 nitrogen and oxygen atoms in total. The monoisotopic (exact) mass is 448 g/mol. The molecular formula is C27H28O6. The number of hydrogen-bond acceptors (Lipinski definition) is 6. The van der Waals surface area contributed by atoms with Gasteiger partial charge in [0, 0.05) is 0 Å². The van der Waals surface area contributed by atoms with Gasteiger partial charge in [-0.05, 0) is 16.7 Å². The van der Waals surface area contributed by atoms with E-state index in [4.69, 9.17) is 18.9 Å². The summed E-state index contributed by atoms with van der Waals surface area (Å²) in [5.41, 5.74) is 2.86. The van der Waals surface area contributed by atoms with E-state index in [9.17, 15) is 9.90 Å². The third-order valence-electron chi connectivity index (χ3n) is 5.51. The van der Waals surface area contributed by atoms with Crippen molar-refractivity contribution < 1.29 is 28.8 Å². The van der Waals surface area contributed by atoms with Crippen molar-refractivity contribution in [1.82, 2.24) is 0 Å². The Labute approximate surface area is 193 Å². The van der Waals surface area contributed by atoms with Crippen molar-refractivity contribution in [3.05, 3.63) is 108 Å². The average Bonchev–Trinajstić information content (AvgIpc) is 2.87. The summed E-state index contributed by atoms with van der Waals surface area (Å²) in [6.07, 6.45) is -3.29. The van der Waals surface area contributed by atoms with E-state index in [2.05, 4.69) is 0 Å². The van der Waals surface area contributed by atoms with Gasteiger partial charge in [-0.15, -0.1) is 0 Å². The molecule has 0 aliphatic carbocycles. The molecule has 1 saturated heterocycles. The van der Waals surface area contributed by atoms with Crippen LogP contribution in [-0.2, 0) is 43.6 Å². The molecule has 0 amide bonds.